The van der Waals surface area contributed by atoms with Gasteiger partial charge in [0.2, 0.25) is 5.91 Å². The number of aromatic nitrogens is 2. The van der Waals surface area contributed by atoms with E-state index >= 15 is 0 Å². The molecule has 2 aromatic heterocycles. The number of hydrogen-bond donors (Lipinski definition) is 1. The average molecular weight is 379 g/mol. The van der Waals surface area contributed by atoms with Gasteiger partial charge in [-0.05, 0) is 51.5 Å². The quantitative estimate of drug-likeness (QED) is 0.683. The third-order valence-electron chi connectivity index (χ3n) is 4.97. The number of ketones is 1. The fourth-order valence-electron chi connectivity index (χ4n) is 3.78. The van der Waals surface area contributed by atoms with Crippen molar-refractivity contribution >= 4 is 28.8 Å². The number of fused-ring (bicyclic) bond motifs is 1. The highest BCUT2D eigenvalue weighted by atomic mass is 32.1. The highest BCUT2D eigenvalue weighted by Crippen LogP contribution is 2.39. The van der Waals surface area contributed by atoms with E-state index in [-0.39, 0.29) is 18.1 Å². The Morgan fingerprint density at radius 1 is 1.22 bits per heavy atom. The van der Waals surface area contributed by atoms with Crippen LogP contribution in [0.5, 0.6) is 0 Å². The van der Waals surface area contributed by atoms with Crippen molar-refractivity contribution in [3.8, 4) is 5.69 Å². The molecule has 27 heavy (non-hydrogen) atoms. The molecule has 0 spiro atoms. The summed E-state index contributed by atoms with van der Waals surface area (Å²) in [4.78, 5) is 27.8. The summed E-state index contributed by atoms with van der Waals surface area (Å²) in [6.07, 6.45) is 0.153. The van der Waals surface area contributed by atoms with Gasteiger partial charge in [-0.25, -0.2) is 4.68 Å². The number of benzene rings is 1. The summed E-state index contributed by atoms with van der Waals surface area (Å²) in [6.45, 7) is 7.86. The molecular weight excluding hydrogens is 358 g/mol. The van der Waals surface area contributed by atoms with Crippen LogP contribution in [-0.4, -0.2) is 21.5 Å². The molecule has 6 heteroatoms. The minimum absolute atomic E-state index is 0.000146. The number of rotatable bonds is 3. The summed E-state index contributed by atoms with van der Waals surface area (Å²) in [7, 11) is 0. The molecule has 3 aromatic rings. The molecule has 0 fully saturated rings. The number of amides is 1. The summed E-state index contributed by atoms with van der Waals surface area (Å²) in [6, 6.07) is 9.85. The van der Waals surface area contributed by atoms with Crippen LogP contribution in [0, 0.1) is 27.7 Å². The summed E-state index contributed by atoms with van der Waals surface area (Å²) >= 11 is 1.61. The summed E-state index contributed by atoms with van der Waals surface area (Å²) < 4.78 is 1.74. The maximum Gasteiger partial charge on any atom is 0.226 e. The van der Waals surface area contributed by atoms with Gasteiger partial charge in [-0.15, -0.1) is 11.3 Å². The van der Waals surface area contributed by atoms with E-state index < -0.39 is 5.92 Å². The number of nitrogens with one attached hydrogen (secondary N) is 1. The molecule has 0 saturated carbocycles. The molecule has 0 aliphatic carbocycles. The molecule has 3 heterocycles. The van der Waals surface area contributed by atoms with Crippen molar-refractivity contribution in [2.75, 3.05) is 5.32 Å². The van der Waals surface area contributed by atoms with E-state index in [0.717, 1.165) is 32.3 Å². The molecule has 1 amide bonds. The lowest BCUT2D eigenvalue weighted by Gasteiger charge is -2.23. The molecule has 5 nitrogen and oxygen atoms in total. The Kier molecular flexibility index (Phi) is 4.23. The minimum atomic E-state index is -0.500. The Morgan fingerprint density at radius 3 is 2.67 bits per heavy atom. The summed E-state index contributed by atoms with van der Waals surface area (Å²) in [5.74, 6) is -0.0450. The molecule has 1 unspecified atom stereocenters. The van der Waals surface area contributed by atoms with E-state index in [4.69, 9.17) is 0 Å². The molecule has 1 aromatic carbocycles. The van der Waals surface area contributed by atoms with Crippen LogP contribution in [0.1, 0.15) is 49.3 Å². The highest BCUT2D eigenvalue weighted by Gasteiger charge is 2.37. The molecule has 1 aliphatic rings. The molecule has 1 atom stereocenters. The van der Waals surface area contributed by atoms with Gasteiger partial charge >= 0.3 is 0 Å². The van der Waals surface area contributed by atoms with Gasteiger partial charge in [0.05, 0.1) is 17.3 Å². The maximum atomic E-state index is 13.3. The lowest BCUT2D eigenvalue weighted by atomic mass is 9.85. The summed E-state index contributed by atoms with van der Waals surface area (Å²) in [5.41, 5.74) is 4.29. The predicted octanol–water partition coefficient (Wildman–Crippen LogP) is 4.48. The van der Waals surface area contributed by atoms with E-state index in [1.54, 1.807) is 16.0 Å². The molecule has 138 valence electrons. The second-order valence-electron chi connectivity index (χ2n) is 7.09. The second kappa shape index (κ2) is 6.46. The van der Waals surface area contributed by atoms with Crippen LogP contribution in [0.4, 0.5) is 5.82 Å². The molecule has 4 rings (SSSR count). The first-order valence-corrected chi connectivity index (χ1v) is 9.74. The van der Waals surface area contributed by atoms with Crippen LogP contribution >= 0.6 is 11.3 Å². The average Bonchev–Trinajstić information content (AvgIpc) is 3.12. The van der Waals surface area contributed by atoms with Crippen LogP contribution in [0.25, 0.3) is 5.69 Å². The van der Waals surface area contributed by atoms with Gasteiger partial charge < -0.3 is 5.32 Å². The molecular formula is C21H21N3O2S. The van der Waals surface area contributed by atoms with E-state index in [1.807, 2.05) is 58.0 Å². The zero-order valence-electron chi connectivity index (χ0n) is 15.8. The Balaban J connectivity index is 1.84. The highest BCUT2D eigenvalue weighted by molar-refractivity contribution is 7.12. The lowest BCUT2D eigenvalue weighted by Crippen LogP contribution is -2.28. The Labute approximate surface area is 162 Å². The third kappa shape index (κ3) is 3.00. The number of Topliss-reactive ketones (excluding diaryl/α,β-unsaturated/α-hetero) is 1. The van der Waals surface area contributed by atoms with Gasteiger partial charge in [0, 0.05) is 27.3 Å². The van der Waals surface area contributed by atoms with Crippen molar-refractivity contribution in [3.63, 3.8) is 0 Å². The first-order valence-electron chi connectivity index (χ1n) is 8.93. The van der Waals surface area contributed by atoms with Crippen molar-refractivity contribution in [1.82, 2.24) is 9.78 Å². The van der Waals surface area contributed by atoms with Crippen LogP contribution in [0.2, 0.25) is 0 Å². The topological polar surface area (TPSA) is 64.0 Å². The fourth-order valence-corrected chi connectivity index (χ4v) is 4.71. The number of carbonyl (C=O) groups is 2. The second-order valence-corrected chi connectivity index (χ2v) is 8.55. The lowest BCUT2D eigenvalue weighted by molar-refractivity contribution is -0.116. The van der Waals surface area contributed by atoms with E-state index in [0.29, 0.717) is 11.4 Å². The van der Waals surface area contributed by atoms with Crippen molar-refractivity contribution in [2.45, 2.75) is 40.0 Å². The standard InChI is InChI=1S/C21H21N3O2S/c1-11-6-5-7-15(8-11)24-21-19(13(3)23-24)17(10-18(25)22-21)20(26)16-9-12(2)27-14(16)4/h5-9,17H,10H2,1-4H3,(H,22,25). The van der Waals surface area contributed by atoms with E-state index in [2.05, 4.69) is 10.4 Å². The smallest absolute Gasteiger partial charge is 0.226 e. The van der Waals surface area contributed by atoms with Crippen molar-refractivity contribution < 1.29 is 9.59 Å². The number of aryl methyl sites for hydroxylation is 4. The largest absolute Gasteiger partial charge is 0.310 e. The van der Waals surface area contributed by atoms with Gasteiger partial charge in [-0.1, -0.05) is 12.1 Å². The van der Waals surface area contributed by atoms with Crippen LogP contribution < -0.4 is 5.32 Å². The fraction of sp³-hybridized carbons (Fsp3) is 0.286. The normalized spacial score (nSPS) is 16.1. The van der Waals surface area contributed by atoms with Crippen LogP contribution in [-0.2, 0) is 4.79 Å². The molecule has 0 saturated heterocycles. The van der Waals surface area contributed by atoms with Crippen LogP contribution in [0.3, 0.4) is 0 Å². The van der Waals surface area contributed by atoms with E-state index in [9.17, 15) is 9.59 Å². The number of anilines is 1. The van der Waals surface area contributed by atoms with Gasteiger partial charge in [0.1, 0.15) is 5.82 Å². The first kappa shape index (κ1) is 17.7. The number of thiophene rings is 1. The van der Waals surface area contributed by atoms with Gasteiger partial charge in [-0.3, -0.25) is 9.59 Å². The van der Waals surface area contributed by atoms with Crippen molar-refractivity contribution in [3.05, 3.63) is 62.5 Å². The Hall–Kier alpha value is -2.73. The van der Waals surface area contributed by atoms with Gasteiger partial charge in [0.25, 0.3) is 0 Å². The first-order chi connectivity index (χ1) is 12.8. The molecule has 1 N–H and O–H groups in total. The number of carbonyl (C=O) groups excluding carboxylic acids is 2. The SMILES string of the molecule is Cc1cccc(-n2nc(C)c3c2NC(=O)CC3C(=O)c2cc(C)sc2C)c1. The molecule has 0 bridgehead atoms. The van der Waals surface area contributed by atoms with Gasteiger partial charge in [-0.2, -0.15) is 5.10 Å². The number of nitrogens with zero attached hydrogens (tertiary/aromatic N) is 2. The predicted molar refractivity (Wildman–Crippen MR) is 107 cm³/mol. The third-order valence-corrected chi connectivity index (χ3v) is 5.94. The van der Waals surface area contributed by atoms with Crippen molar-refractivity contribution in [1.29, 1.82) is 0 Å². The minimum Gasteiger partial charge on any atom is -0.310 e. The van der Waals surface area contributed by atoms with Crippen molar-refractivity contribution in [2.24, 2.45) is 0 Å². The number of hydrogen-bond acceptors (Lipinski definition) is 4. The monoisotopic (exact) mass is 379 g/mol. The van der Waals surface area contributed by atoms with Gasteiger partial charge in [0.15, 0.2) is 5.78 Å². The molecule has 0 radical (unpaired) electrons. The molecule has 1 aliphatic heterocycles. The maximum absolute atomic E-state index is 13.3. The van der Waals surface area contributed by atoms with Crippen LogP contribution in [0.15, 0.2) is 30.3 Å². The Bertz CT molecular complexity index is 1080. The zero-order valence-corrected chi connectivity index (χ0v) is 16.6. The summed E-state index contributed by atoms with van der Waals surface area (Å²) in [5, 5.41) is 7.58. The Morgan fingerprint density at radius 2 is 2.00 bits per heavy atom. The van der Waals surface area contributed by atoms with E-state index in [1.165, 1.54) is 0 Å². The zero-order chi connectivity index (χ0) is 19.3.